The number of allylic oxidation sites excluding steroid dienone is 1. The van der Waals surface area contributed by atoms with Gasteiger partial charge in [-0.05, 0) is 17.3 Å². The molecule has 0 heterocycles. The van der Waals surface area contributed by atoms with E-state index in [2.05, 4.69) is 53.4 Å². The zero-order valence-corrected chi connectivity index (χ0v) is 10.1. The van der Waals surface area contributed by atoms with Crippen molar-refractivity contribution in [1.29, 1.82) is 0 Å². The van der Waals surface area contributed by atoms with E-state index in [0.717, 1.165) is 18.7 Å². The number of nitrogens with one attached hydrogen (secondary N) is 1. The molecule has 0 unspecified atom stereocenters. The van der Waals surface area contributed by atoms with Crippen LogP contribution >= 0.6 is 0 Å². The predicted molar refractivity (Wildman–Crippen MR) is 60.7 cm³/mol. The second kappa shape index (κ2) is 4.17. The van der Waals surface area contributed by atoms with Gasteiger partial charge in [-0.25, -0.2) is 0 Å². The summed E-state index contributed by atoms with van der Waals surface area (Å²) in [7, 11) is 0. The summed E-state index contributed by atoms with van der Waals surface area (Å²) in [4.78, 5) is 0. The van der Waals surface area contributed by atoms with Crippen LogP contribution in [0, 0.1) is 10.8 Å². The second-order valence-electron chi connectivity index (χ2n) is 6.26. The minimum Gasteiger partial charge on any atom is -0.388 e. The molecule has 0 aromatic rings. The largest absolute Gasteiger partial charge is 0.388 e. The molecule has 0 saturated heterocycles. The first kappa shape index (κ1) is 12.5. The lowest BCUT2D eigenvalue weighted by molar-refractivity contribution is 0.364. The maximum Gasteiger partial charge on any atom is 0.0192 e. The molecule has 1 nitrogen and oxygen atoms in total. The monoisotopic (exact) mass is 183 g/mol. The van der Waals surface area contributed by atoms with Gasteiger partial charge in [0.1, 0.15) is 0 Å². The molecule has 0 aliphatic carbocycles. The maximum atomic E-state index is 4.03. The number of rotatable bonds is 3. The first-order chi connectivity index (χ1) is 5.60. The zero-order chi connectivity index (χ0) is 10.7. The van der Waals surface area contributed by atoms with Crippen LogP contribution in [0.25, 0.3) is 0 Å². The SMILES string of the molecule is C=C(CC(C)(C)C)NCC(C)(C)C. The molecule has 0 radical (unpaired) electrons. The third-order valence-corrected chi connectivity index (χ3v) is 1.61. The van der Waals surface area contributed by atoms with Crippen molar-refractivity contribution in [2.45, 2.75) is 48.0 Å². The van der Waals surface area contributed by atoms with E-state index in [1.54, 1.807) is 0 Å². The molecule has 1 N–H and O–H groups in total. The van der Waals surface area contributed by atoms with Crippen molar-refractivity contribution in [2.75, 3.05) is 6.54 Å². The Morgan fingerprint density at radius 2 is 1.46 bits per heavy atom. The second-order valence-corrected chi connectivity index (χ2v) is 6.26. The highest BCUT2D eigenvalue weighted by Crippen LogP contribution is 2.22. The van der Waals surface area contributed by atoms with E-state index in [9.17, 15) is 0 Å². The molecule has 1 heteroatoms. The van der Waals surface area contributed by atoms with Crippen molar-refractivity contribution in [2.24, 2.45) is 10.8 Å². The molecular formula is C12H25N. The fraction of sp³-hybridized carbons (Fsp3) is 0.833. The van der Waals surface area contributed by atoms with E-state index in [-0.39, 0.29) is 0 Å². The van der Waals surface area contributed by atoms with Gasteiger partial charge in [0.15, 0.2) is 0 Å². The Kier molecular flexibility index (Phi) is 4.02. The smallest absolute Gasteiger partial charge is 0.0192 e. The Labute approximate surface area is 83.6 Å². The van der Waals surface area contributed by atoms with Gasteiger partial charge in [-0.15, -0.1) is 0 Å². The van der Waals surface area contributed by atoms with Gasteiger partial charge in [0.05, 0.1) is 0 Å². The summed E-state index contributed by atoms with van der Waals surface area (Å²) in [5, 5.41) is 3.38. The van der Waals surface area contributed by atoms with Crippen LogP contribution in [0.1, 0.15) is 48.0 Å². The van der Waals surface area contributed by atoms with E-state index in [4.69, 9.17) is 0 Å². The standard InChI is InChI=1S/C12H25N/c1-10(8-11(2,3)4)13-9-12(5,6)7/h13H,1,8-9H2,2-7H3. The highest BCUT2D eigenvalue weighted by atomic mass is 14.9. The molecule has 13 heavy (non-hydrogen) atoms. The van der Waals surface area contributed by atoms with Crippen LogP contribution in [-0.2, 0) is 0 Å². The molecule has 0 aliphatic heterocycles. The third kappa shape index (κ3) is 9.45. The molecular weight excluding hydrogens is 158 g/mol. The highest BCUT2D eigenvalue weighted by molar-refractivity contribution is 4.95. The van der Waals surface area contributed by atoms with Gasteiger partial charge in [0, 0.05) is 12.2 Å². The van der Waals surface area contributed by atoms with Gasteiger partial charge in [0.25, 0.3) is 0 Å². The van der Waals surface area contributed by atoms with Gasteiger partial charge in [-0.2, -0.15) is 0 Å². The van der Waals surface area contributed by atoms with Crippen molar-refractivity contribution in [3.8, 4) is 0 Å². The van der Waals surface area contributed by atoms with Crippen LogP contribution in [0.4, 0.5) is 0 Å². The molecule has 0 aromatic heterocycles. The van der Waals surface area contributed by atoms with Crippen LogP contribution in [0.15, 0.2) is 12.3 Å². The van der Waals surface area contributed by atoms with E-state index in [0.29, 0.717) is 10.8 Å². The summed E-state index contributed by atoms with van der Waals surface area (Å²) >= 11 is 0. The minimum absolute atomic E-state index is 0.334. The van der Waals surface area contributed by atoms with Crippen LogP contribution < -0.4 is 5.32 Å². The average molecular weight is 183 g/mol. The minimum atomic E-state index is 0.334. The van der Waals surface area contributed by atoms with Crippen LogP contribution in [-0.4, -0.2) is 6.54 Å². The van der Waals surface area contributed by atoms with E-state index < -0.39 is 0 Å². The predicted octanol–water partition coefficient (Wildman–Crippen LogP) is 3.57. The van der Waals surface area contributed by atoms with Gasteiger partial charge in [0.2, 0.25) is 0 Å². The van der Waals surface area contributed by atoms with E-state index >= 15 is 0 Å². The van der Waals surface area contributed by atoms with E-state index in [1.165, 1.54) is 0 Å². The summed E-state index contributed by atoms with van der Waals surface area (Å²) in [5.74, 6) is 0. The van der Waals surface area contributed by atoms with Crippen molar-refractivity contribution >= 4 is 0 Å². The Morgan fingerprint density at radius 3 is 1.77 bits per heavy atom. The van der Waals surface area contributed by atoms with Crippen molar-refractivity contribution < 1.29 is 0 Å². The van der Waals surface area contributed by atoms with Crippen molar-refractivity contribution in [3.63, 3.8) is 0 Å². The molecule has 0 saturated carbocycles. The first-order valence-electron chi connectivity index (χ1n) is 5.02. The average Bonchev–Trinajstić information content (AvgIpc) is 1.78. The Hall–Kier alpha value is -0.460. The molecule has 0 bridgehead atoms. The fourth-order valence-corrected chi connectivity index (χ4v) is 1.09. The zero-order valence-electron chi connectivity index (χ0n) is 10.1. The lowest BCUT2D eigenvalue weighted by Gasteiger charge is -2.24. The van der Waals surface area contributed by atoms with Crippen molar-refractivity contribution in [3.05, 3.63) is 12.3 Å². The normalized spacial score (nSPS) is 12.8. The number of hydrogen-bond acceptors (Lipinski definition) is 1. The Morgan fingerprint density at radius 1 is 1.00 bits per heavy atom. The summed E-state index contributed by atoms with van der Waals surface area (Å²) in [6.07, 6.45) is 1.04. The van der Waals surface area contributed by atoms with Gasteiger partial charge >= 0.3 is 0 Å². The summed E-state index contributed by atoms with van der Waals surface area (Å²) < 4.78 is 0. The summed E-state index contributed by atoms with van der Waals surface area (Å²) in [6, 6.07) is 0. The molecule has 0 aliphatic rings. The van der Waals surface area contributed by atoms with E-state index in [1.807, 2.05) is 0 Å². The molecule has 78 valence electrons. The summed E-state index contributed by atoms with van der Waals surface area (Å²) in [5.41, 5.74) is 1.82. The van der Waals surface area contributed by atoms with Gasteiger partial charge in [-0.1, -0.05) is 48.1 Å². The molecule has 0 fully saturated rings. The fourth-order valence-electron chi connectivity index (χ4n) is 1.09. The lowest BCUT2D eigenvalue weighted by atomic mass is 9.90. The molecule has 0 atom stereocenters. The Bertz CT molecular complexity index is 167. The topological polar surface area (TPSA) is 12.0 Å². The lowest BCUT2D eigenvalue weighted by Crippen LogP contribution is -2.27. The van der Waals surface area contributed by atoms with Crippen LogP contribution in [0.2, 0.25) is 0 Å². The maximum absolute atomic E-state index is 4.03. The Balaban J connectivity index is 3.78. The molecule has 0 rings (SSSR count). The van der Waals surface area contributed by atoms with Crippen LogP contribution in [0.3, 0.4) is 0 Å². The third-order valence-electron chi connectivity index (χ3n) is 1.61. The first-order valence-corrected chi connectivity index (χ1v) is 5.02. The van der Waals surface area contributed by atoms with Crippen molar-refractivity contribution in [1.82, 2.24) is 5.32 Å². The van der Waals surface area contributed by atoms with Gasteiger partial charge < -0.3 is 5.32 Å². The number of hydrogen-bond donors (Lipinski definition) is 1. The molecule has 0 spiro atoms. The molecule has 0 aromatic carbocycles. The molecule has 0 amide bonds. The quantitative estimate of drug-likeness (QED) is 0.705. The van der Waals surface area contributed by atoms with Gasteiger partial charge in [-0.3, -0.25) is 0 Å². The summed E-state index contributed by atoms with van der Waals surface area (Å²) in [6.45, 7) is 18.4. The van der Waals surface area contributed by atoms with Crippen LogP contribution in [0.5, 0.6) is 0 Å². The highest BCUT2D eigenvalue weighted by Gasteiger charge is 2.14.